The summed E-state index contributed by atoms with van der Waals surface area (Å²) in [5.74, 6) is 0.139. The fraction of sp³-hybridized carbons (Fsp3) is 0.522. The Balaban J connectivity index is 1.32. The Labute approximate surface area is 186 Å². The minimum Gasteiger partial charge on any atom is -0.376 e. The molecule has 1 aromatic carbocycles. The number of carbonyl (C=O) groups excluding carboxylic acids is 1. The second-order valence-electron chi connectivity index (χ2n) is 8.65. The summed E-state index contributed by atoms with van der Waals surface area (Å²) in [7, 11) is 0. The molecule has 31 heavy (non-hydrogen) atoms. The molecule has 0 unspecified atom stereocenters. The number of piperidine rings is 1. The van der Waals surface area contributed by atoms with E-state index in [1.807, 2.05) is 11.6 Å². The third kappa shape index (κ3) is 4.19. The Kier molecular flexibility index (Phi) is 5.67. The third-order valence-electron chi connectivity index (χ3n) is 6.25. The fourth-order valence-corrected chi connectivity index (χ4v) is 5.47. The van der Waals surface area contributed by atoms with E-state index in [2.05, 4.69) is 41.4 Å². The van der Waals surface area contributed by atoms with Crippen LogP contribution in [0, 0.1) is 19.8 Å². The van der Waals surface area contributed by atoms with Crippen molar-refractivity contribution in [1.82, 2.24) is 20.1 Å². The van der Waals surface area contributed by atoms with Gasteiger partial charge in [-0.25, -0.2) is 4.68 Å². The highest BCUT2D eigenvalue weighted by Crippen LogP contribution is 2.34. The number of rotatable bonds is 5. The topological polar surface area (TPSA) is 72.3 Å². The van der Waals surface area contributed by atoms with Crippen molar-refractivity contribution < 1.29 is 9.53 Å². The van der Waals surface area contributed by atoms with Gasteiger partial charge in [-0.3, -0.25) is 4.79 Å². The van der Waals surface area contributed by atoms with E-state index in [1.165, 1.54) is 5.56 Å². The normalized spacial score (nSPS) is 21.7. The minimum absolute atomic E-state index is 0.00291. The van der Waals surface area contributed by atoms with Crippen molar-refractivity contribution in [2.75, 3.05) is 31.1 Å². The van der Waals surface area contributed by atoms with E-state index < -0.39 is 0 Å². The Morgan fingerprint density at radius 2 is 2.06 bits per heavy atom. The molecule has 1 amide bonds. The van der Waals surface area contributed by atoms with Gasteiger partial charge in [-0.05, 0) is 51.7 Å². The quantitative estimate of drug-likeness (QED) is 0.658. The molecular weight excluding hydrogens is 410 g/mol. The van der Waals surface area contributed by atoms with E-state index in [9.17, 15) is 4.79 Å². The largest absolute Gasteiger partial charge is 0.376 e. The fourth-order valence-electron chi connectivity index (χ4n) is 4.45. The molecule has 2 aliphatic heterocycles. The number of amides is 1. The highest BCUT2D eigenvalue weighted by molar-refractivity contribution is 7.22. The summed E-state index contributed by atoms with van der Waals surface area (Å²) in [6.45, 7) is 7.20. The van der Waals surface area contributed by atoms with Gasteiger partial charge in [0.2, 0.25) is 5.91 Å². The lowest BCUT2D eigenvalue weighted by Gasteiger charge is -2.31. The van der Waals surface area contributed by atoms with Crippen LogP contribution in [-0.4, -0.2) is 53.0 Å². The first-order chi connectivity index (χ1) is 15.1. The van der Waals surface area contributed by atoms with Gasteiger partial charge in [0.05, 0.1) is 28.1 Å². The highest BCUT2D eigenvalue weighted by Gasteiger charge is 2.29. The van der Waals surface area contributed by atoms with Gasteiger partial charge in [0.25, 0.3) is 0 Å². The summed E-state index contributed by atoms with van der Waals surface area (Å²) in [6.07, 6.45) is 4.24. The molecule has 0 saturated carbocycles. The third-order valence-corrected chi connectivity index (χ3v) is 7.46. The van der Waals surface area contributed by atoms with E-state index in [1.54, 1.807) is 11.3 Å². The lowest BCUT2D eigenvalue weighted by molar-refractivity contribution is -0.125. The maximum Gasteiger partial charge on any atom is 0.224 e. The summed E-state index contributed by atoms with van der Waals surface area (Å²) in [6, 6.07) is 8.34. The average Bonchev–Trinajstić information content (AvgIpc) is 3.52. The van der Waals surface area contributed by atoms with Crippen LogP contribution in [-0.2, 0) is 9.53 Å². The zero-order chi connectivity index (χ0) is 21.4. The van der Waals surface area contributed by atoms with E-state index in [4.69, 9.17) is 14.8 Å². The van der Waals surface area contributed by atoms with Crippen LogP contribution in [0.25, 0.3) is 16.0 Å². The number of anilines is 1. The Morgan fingerprint density at radius 1 is 1.23 bits per heavy atom. The smallest absolute Gasteiger partial charge is 0.224 e. The van der Waals surface area contributed by atoms with Crippen molar-refractivity contribution in [2.24, 2.45) is 5.92 Å². The maximum absolute atomic E-state index is 12.8. The first-order valence-electron chi connectivity index (χ1n) is 11.2. The van der Waals surface area contributed by atoms with E-state index in [0.29, 0.717) is 13.1 Å². The number of nitrogens with one attached hydrogen (secondary N) is 1. The number of nitrogens with zero attached hydrogens (tertiary/aromatic N) is 4. The molecular formula is C23H29N5O2S. The molecule has 0 radical (unpaired) electrons. The van der Waals surface area contributed by atoms with Crippen LogP contribution in [0.1, 0.15) is 36.9 Å². The number of hydrogen-bond acceptors (Lipinski definition) is 6. The molecule has 2 aromatic heterocycles. The van der Waals surface area contributed by atoms with Crippen molar-refractivity contribution in [3.8, 4) is 5.69 Å². The summed E-state index contributed by atoms with van der Waals surface area (Å²) < 4.78 is 8.67. The second kappa shape index (κ2) is 8.59. The molecule has 2 atom stereocenters. The molecule has 7 nitrogen and oxygen atoms in total. The van der Waals surface area contributed by atoms with E-state index in [-0.39, 0.29) is 17.9 Å². The van der Waals surface area contributed by atoms with Crippen molar-refractivity contribution in [1.29, 1.82) is 0 Å². The second-order valence-corrected chi connectivity index (χ2v) is 9.62. The van der Waals surface area contributed by atoms with Gasteiger partial charge < -0.3 is 15.0 Å². The van der Waals surface area contributed by atoms with Crippen LogP contribution in [0.15, 0.2) is 24.3 Å². The Hall–Kier alpha value is -2.45. The van der Waals surface area contributed by atoms with E-state index in [0.717, 1.165) is 65.7 Å². The number of thiazole rings is 1. The minimum atomic E-state index is -0.00291. The number of fused-ring (bicyclic) bond motifs is 1. The molecule has 164 valence electrons. The van der Waals surface area contributed by atoms with Gasteiger partial charge in [-0.1, -0.05) is 29.0 Å². The molecule has 0 bridgehead atoms. The molecule has 8 heteroatoms. The van der Waals surface area contributed by atoms with Crippen molar-refractivity contribution in [3.05, 3.63) is 35.5 Å². The molecule has 3 aromatic rings. The number of ether oxygens (including phenoxy) is 1. The molecule has 2 saturated heterocycles. The monoisotopic (exact) mass is 439 g/mol. The number of aryl methyl sites for hydroxylation is 2. The Bertz CT molecular complexity index is 1070. The highest BCUT2D eigenvalue weighted by atomic mass is 32.1. The van der Waals surface area contributed by atoms with Gasteiger partial charge in [0, 0.05) is 26.2 Å². The molecule has 4 heterocycles. The van der Waals surface area contributed by atoms with Crippen LogP contribution in [0.4, 0.5) is 5.13 Å². The molecule has 1 N–H and O–H groups in total. The lowest BCUT2D eigenvalue weighted by Crippen LogP contribution is -2.44. The SMILES string of the molecule is Cc1ccc(-n2nc(C)c3sc(N4CCC[C@H](C(=O)NC[C@@H]5CCCO5)C4)nc32)cc1. The van der Waals surface area contributed by atoms with Crippen LogP contribution in [0.3, 0.4) is 0 Å². The number of carbonyl (C=O) groups is 1. The van der Waals surface area contributed by atoms with Gasteiger partial charge in [0.1, 0.15) is 0 Å². The molecule has 0 spiro atoms. The number of benzene rings is 1. The van der Waals surface area contributed by atoms with Gasteiger partial charge in [-0.2, -0.15) is 10.1 Å². The molecule has 0 aliphatic carbocycles. The molecule has 2 aliphatic rings. The average molecular weight is 440 g/mol. The van der Waals surface area contributed by atoms with Crippen LogP contribution in [0.2, 0.25) is 0 Å². The summed E-state index contributed by atoms with van der Waals surface area (Å²) in [5, 5.41) is 8.80. The van der Waals surface area contributed by atoms with Gasteiger partial charge in [-0.15, -0.1) is 0 Å². The summed E-state index contributed by atoms with van der Waals surface area (Å²) >= 11 is 1.68. The van der Waals surface area contributed by atoms with Gasteiger partial charge >= 0.3 is 0 Å². The zero-order valence-electron chi connectivity index (χ0n) is 18.1. The predicted molar refractivity (Wildman–Crippen MR) is 123 cm³/mol. The maximum atomic E-state index is 12.8. The van der Waals surface area contributed by atoms with Crippen LogP contribution in [0.5, 0.6) is 0 Å². The first-order valence-corrected chi connectivity index (χ1v) is 12.0. The van der Waals surface area contributed by atoms with Crippen molar-refractivity contribution >= 4 is 32.7 Å². The molecule has 2 fully saturated rings. The summed E-state index contributed by atoms with van der Waals surface area (Å²) in [5.41, 5.74) is 4.12. The standard InChI is InChI=1S/C23H29N5O2S/c1-15-7-9-18(10-8-15)28-21-20(16(2)26-28)31-23(25-21)27-11-3-5-17(14-27)22(29)24-13-19-6-4-12-30-19/h7-10,17,19H,3-6,11-14H2,1-2H3,(H,24,29)/t17-,19-/m0/s1. The number of aromatic nitrogens is 3. The van der Waals surface area contributed by atoms with Crippen molar-refractivity contribution in [2.45, 2.75) is 45.6 Å². The van der Waals surface area contributed by atoms with Crippen LogP contribution < -0.4 is 10.2 Å². The number of hydrogen-bond donors (Lipinski definition) is 1. The van der Waals surface area contributed by atoms with Gasteiger partial charge in [0.15, 0.2) is 10.8 Å². The Morgan fingerprint density at radius 3 is 2.84 bits per heavy atom. The molecule has 5 rings (SSSR count). The summed E-state index contributed by atoms with van der Waals surface area (Å²) in [4.78, 5) is 20.0. The van der Waals surface area contributed by atoms with Crippen LogP contribution >= 0.6 is 11.3 Å². The zero-order valence-corrected chi connectivity index (χ0v) is 19.0. The van der Waals surface area contributed by atoms with Crippen molar-refractivity contribution in [3.63, 3.8) is 0 Å². The first kappa shape index (κ1) is 20.5. The van der Waals surface area contributed by atoms with E-state index >= 15 is 0 Å². The predicted octanol–water partition coefficient (Wildman–Crippen LogP) is 3.61. The lowest BCUT2D eigenvalue weighted by atomic mass is 9.97.